The zero-order valence-corrected chi connectivity index (χ0v) is 13.0. The molecule has 112 valence electrons. The van der Waals surface area contributed by atoms with E-state index in [1.165, 1.54) is 19.3 Å². The van der Waals surface area contributed by atoms with Crippen molar-refractivity contribution in [2.45, 2.75) is 38.7 Å². The van der Waals surface area contributed by atoms with Crippen LogP contribution >= 0.6 is 0 Å². The number of carbonyl (C=O) groups is 1. The fraction of sp³-hybridized carbons (Fsp3) is 0.500. The Kier molecular flexibility index (Phi) is 4.69. The summed E-state index contributed by atoms with van der Waals surface area (Å²) in [5, 5.41) is 9.57. The number of rotatable bonds is 3. The fourth-order valence-corrected chi connectivity index (χ4v) is 2.29. The highest BCUT2D eigenvalue weighted by atomic mass is 16.3. The van der Waals surface area contributed by atoms with E-state index >= 15 is 0 Å². The Morgan fingerprint density at radius 3 is 2.43 bits per heavy atom. The van der Waals surface area contributed by atoms with Crippen molar-refractivity contribution in [2.75, 3.05) is 13.6 Å². The first-order valence-electron chi connectivity index (χ1n) is 7.46. The quantitative estimate of drug-likeness (QED) is 0.867. The topological polar surface area (TPSA) is 40.5 Å². The Hall–Kier alpha value is -1.79. The average molecular weight is 285 g/mol. The molecule has 1 aliphatic rings. The Morgan fingerprint density at radius 2 is 1.95 bits per heavy atom. The average Bonchev–Trinajstić information content (AvgIpc) is 2.39. The minimum Gasteiger partial charge on any atom is -0.378 e. The molecule has 1 fully saturated rings. The SMILES string of the molecule is CN(CC1CCC1)C(=O)c1ccc(C#CC(C)(C)O)cc1. The van der Waals surface area contributed by atoms with Gasteiger partial charge in [-0.1, -0.05) is 18.3 Å². The number of nitrogens with zero attached hydrogens (tertiary/aromatic N) is 1. The maximum absolute atomic E-state index is 12.3. The number of aliphatic hydroxyl groups is 1. The number of hydrogen-bond acceptors (Lipinski definition) is 2. The van der Waals surface area contributed by atoms with Crippen molar-refractivity contribution in [3.63, 3.8) is 0 Å². The fourth-order valence-electron chi connectivity index (χ4n) is 2.29. The highest BCUT2D eigenvalue weighted by Crippen LogP contribution is 2.27. The molecule has 2 rings (SSSR count). The molecule has 0 radical (unpaired) electrons. The van der Waals surface area contributed by atoms with E-state index in [4.69, 9.17) is 0 Å². The molecule has 1 aromatic rings. The molecule has 0 spiro atoms. The van der Waals surface area contributed by atoms with Gasteiger partial charge in [0, 0.05) is 24.7 Å². The van der Waals surface area contributed by atoms with E-state index in [0.29, 0.717) is 11.5 Å². The van der Waals surface area contributed by atoms with E-state index in [1.54, 1.807) is 30.9 Å². The van der Waals surface area contributed by atoms with Crippen LogP contribution in [0.15, 0.2) is 24.3 Å². The smallest absolute Gasteiger partial charge is 0.253 e. The number of hydrogen-bond donors (Lipinski definition) is 1. The van der Waals surface area contributed by atoms with E-state index in [1.807, 2.05) is 19.2 Å². The Balaban J connectivity index is 2.00. The minimum atomic E-state index is -1.00. The summed E-state index contributed by atoms with van der Waals surface area (Å²) in [6, 6.07) is 7.24. The molecule has 0 atom stereocenters. The first kappa shape index (κ1) is 15.6. The first-order valence-corrected chi connectivity index (χ1v) is 7.46. The molecule has 3 nitrogen and oxygen atoms in total. The van der Waals surface area contributed by atoms with E-state index in [9.17, 15) is 9.90 Å². The van der Waals surface area contributed by atoms with Crippen LogP contribution < -0.4 is 0 Å². The van der Waals surface area contributed by atoms with Gasteiger partial charge in [-0.25, -0.2) is 0 Å². The maximum Gasteiger partial charge on any atom is 0.253 e. The summed E-state index contributed by atoms with van der Waals surface area (Å²) in [7, 11) is 1.86. The molecule has 0 saturated heterocycles. The van der Waals surface area contributed by atoms with Crippen molar-refractivity contribution in [3.05, 3.63) is 35.4 Å². The molecule has 1 amide bonds. The summed E-state index contributed by atoms with van der Waals surface area (Å²) in [5.41, 5.74) is 0.484. The highest BCUT2D eigenvalue weighted by molar-refractivity contribution is 5.94. The summed E-state index contributed by atoms with van der Waals surface area (Å²) in [5.74, 6) is 6.40. The van der Waals surface area contributed by atoms with Crippen molar-refractivity contribution in [1.82, 2.24) is 4.90 Å². The first-order chi connectivity index (χ1) is 9.85. The van der Waals surface area contributed by atoms with Gasteiger partial charge < -0.3 is 10.0 Å². The number of carbonyl (C=O) groups excluding carboxylic acids is 1. The van der Waals surface area contributed by atoms with Crippen LogP contribution in [-0.4, -0.2) is 35.1 Å². The van der Waals surface area contributed by atoms with E-state index in [0.717, 1.165) is 12.1 Å². The molecule has 21 heavy (non-hydrogen) atoms. The third-order valence-electron chi connectivity index (χ3n) is 3.75. The molecule has 0 bridgehead atoms. The second-order valence-corrected chi connectivity index (χ2v) is 6.37. The summed E-state index contributed by atoms with van der Waals surface area (Å²) < 4.78 is 0. The van der Waals surface area contributed by atoms with E-state index in [-0.39, 0.29) is 5.91 Å². The summed E-state index contributed by atoms with van der Waals surface area (Å²) in [6.45, 7) is 4.14. The van der Waals surface area contributed by atoms with Crippen LogP contribution in [-0.2, 0) is 0 Å². The highest BCUT2D eigenvalue weighted by Gasteiger charge is 2.21. The van der Waals surface area contributed by atoms with E-state index in [2.05, 4.69) is 11.8 Å². The van der Waals surface area contributed by atoms with Crippen molar-refractivity contribution in [3.8, 4) is 11.8 Å². The van der Waals surface area contributed by atoms with Gasteiger partial charge in [-0.2, -0.15) is 0 Å². The zero-order valence-electron chi connectivity index (χ0n) is 13.0. The third-order valence-corrected chi connectivity index (χ3v) is 3.75. The molecule has 1 aliphatic carbocycles. The lowest BCUT2D eigenvalue weighted by Crippen LogP contribution is -2.34. The van der Waals surface area contributed by atoms with E-state index < -0.39 is 5.60 Å². The van der Waals surface area contributed by atoms with Crippen molar-refractivity contribution in [2.24, 2.45) is 5.92 Å². The van der Waals surface area contributed by atoms with Crippen LogP contribution in [0.5, 0.6) is 0 Å². The molecule has 3 heteroatoms. The molecule has 1 saturated carbocycles. The monoisotopic (exact) mass is 285 g/mol. The van der Waals surface area contributed by atoms with Crippen molar-refractivity contribution < 1.29 is 9.90 Å². The van der Waals surface area contributed by atoms with Crippen molar-refractivity contribution >= 4 is 5.91 Å². The van der Waals surface area contributed by atoms with Gasteiger partial charge in [0.2, 0.25) is 0 Å². The van der Waals surface area contributed by atoms with Crippen LogP contribution in [0.25, 0.3) is 0 Å². The second-order valence-electron chi connectivity index (χ2n) is 6.37. The van der Waals surface area contributed by atoms with Crippen LogP contribution in [0.3, 0.4) is 0 Å². The Labute approximate surface area is 127 Å². The van der Waals surface area contributed by atoms with Crippen LogP contribution in [0, 0.1) is 17.8 Å². The van der Waals surface area contributed by atoms with Gasteiger partial charge in [-0.3, -0.25) is 4.79 Å². The molecule has 0 aliphatic heterocycles. The third kappa shape index (κ3) is 4.61. The lowest BCUT2D eigenvalue weighted by atomic mass is 9.85. The molecule has 0 unspecified atom stereocenters. The lowest BCUT2D eigenvalue weighted by Gasteiger charge is -2.30. The van der Waals surface area contributed by atoms with Gasteiger partial charge in [-0.15, -0.1) is 0 Å². The molecular weight excluding hydrogens is 262 g/mol. The predicted octanol–water partition coefficient (Wildman–Crippen LogP) is 2.68. The molecule has 1 aromatic carbocycles. The Morgan fingerprint density at radius 1 is 1.33 bits per heavy atom. The van der Waals surface area contributed by atoms with Gasteiger partial charge in [0.1, 0.15) is 5.60 Å². The van der Waals surface area contributed by atoms with Gasteiger partial charge in [-0.05, 0) is 56.9 Å². The largest absolute Gasteiger partial charge is 0.378 e. The van der Waals surface area contributed by atoms with Crippen molar-refractivity contribution in [1.29, 1.82) is 0 Å². The normalized spacial score (nSPS) is 14.9. The van der Waals surface area contributed by atoms with Gasteiger partial charge in [0.25, 0.3) is 5.91 Å². The second kappa shape index (κ2) is 6.32. The van der Waals surface area contributed by atoms with Gasteiger partial charge in [0.05, 0.1) is 0 Å². The number of amides is 1. The standard InChI is InChI=1S/C18H23NO2/c1-18(2,21)12-11-14-7-9-16(10-8-14)17(20)19(3)13-15-5-4-6-15/h7-10,15,21H,4-6,13H2,1-3H3. The summed E-state index contributed by atoms with van der Waals surface area (Å²) in [4.78, 5) is 14.1. The molecule has 0 aromatic heterocycles. The minimum absolute atomic E-state index is 0.0592. The van der Waals surface area contributed by atoms with Crippen LogP contribution in [0.2, 0.25) is 0 Å². The molecular formula is C18H23NO2. The number of benzene rings is 1. The summed E-state index contributed by atoms with van der Waals surface area (Å²) in [6.07, 6.45) is 3.77. The Bertz CT molecular complexity index is 554. The van der Waals surface area contributed by atoms with Crippen LogP contribution in [0.1, 0.15) is 49.0 Å². The van der Waals surface area contributed by atoms with Gasteiger partial charge in [0.15, 0.2) is 0 Å². The maximum atomic E-state index is 12.3. The zero-order chi connectivity index (χ0) is 15.5. The molecule has 1 N–H and O–H groups in total. The lowest BCUT2D eigenvalue weighted by molar-refractivity contribution is 0.0745. The molecule has 0 heterocycles. The van der Waals surface area contributed by atoms with Gasteiger partial charge >= 0.3 is 0 Å². The summed E-state index contributed by atoms with van der Waals surface area (Å²) >= 11 is 0. The van der Waals surface area contributed by atoms with Crippen LogP contribution in [0.4, 0.5) is 0 Å². The predicted molar refractivity (Wildman–Crippen MR) is 83.9 cm³/mol.